The molecule has 0 bridgehead atoms. The van der Waals surface area contributed by atoms with E-state index in [4.69, 9.17) is 0 Å². The fourth-order valence-corrected chi connectivity index (χ4v) is 2.06. The van der Waals surface area contributed by atoms with E-state index in [1.54, 1.807) is 10.9 Å². The van der Waals surface area contributed by atoms with E-state index < -0.39 is 0 Å². The highest BCUT2D eigenvalue weighted by atomic mass is 32.1. The molecular weight excluding hydrogens is 222 g/mol. The predicted molar refractivity (Wildman–Crippen MR) is 63.5 cm³/mol. The van der Waals surface area contributed by atoms with E-state index in [9.17, 15) is 4.79 Å². The van der Waals surface area contributed by atoms with Crippen molar-refractivity contribution in [3.05, 3.63) is 40.8 Å². The van der Waals surface area contributed by atoms with Gasteiger partial charge in [-0.05, 0) is 24.4 Å². The molecule has 2 aromatic rings. The number of carbonyl (C=O) groups is 1. The van der Waals surface area contributed by atoms with Crippen LogP contribution in [0.2, 0.25) is 0 Å². The number of amides is 1. The Morgan fingerprint density at radius 2 is 2.50 bits per heavy atom. The van der Waals surface area contributed by atoms with Crippen LogP contribution >= 0.6 is 11.3 Å². The van der Waals surface area contributed by atoms with Gasteiger partial charge in [0.1, 0.15) is 0 Å². The van der Waals surface area contributed by atoms with Crippen LogP contribution in [0.4, 0.5) is 0 Å². The normalized spacial score (nSPS) is 12.3. The Bertz CT molecular complexity index is 436. The van der Waals surface area contributed by atoms with Gasteiger partial charge in [0, 0.05) is 18.4 Å². The van der Waals surface area contributed by atoms with Crippen LogP contribution in [0, 0.1) is 0 Å². The van der Waals surface area contributed by atoms with E-state index in [-0.39, 0.29) is 11.9 Å². The highest BCUT2D eigenvalue weighted by molar-refractivity contribution is 7.12. The fraction of sp³-hybridized carbons (Fsp3) is 0.273. The van der Waals surface area contributed by atoms with Crippen LogP contribution in [0.5, 0.6) is 0 Å². The van der Waals surface area contributed by atoms with Crippen molar-refractivity contribution < 1.29 is 4.79 Å². The van der Waals surface area contributed by atoms with E-state index in [1.165, 1.54) is 11.3 Å². The van der Waals surface area contributed by atoms with E-state index in [0.717, 1.165) is 4.88 Å². The first-order valence-electron chi connectivity index (χ1n) is 5.07. The zero-order valence-corrected chi connectivity index (χ0v) is 9.78. The van der Waals surface area contributed by atoms with Crippen LogP contribution in [0.25, 0.3) is 0 Å². The van der Waals surface area contributed by atoms with Crippen LogP contribution in [-0.4, -0.2) is 21.7 Å². The largest absolute Gasteiger partial charge is 0.347 e. The van der Waals surface area contributed by atoms with Crippen molar-refractivity contribution in [1.82, 2.24) is 15.1 Å². The van der Waals surface area contributed by atoms with E-state index in [1.807, 2.05) is 36.7 Å². The average molecular weight is 235 g/mol. The Hall–Kier alpha value is -1.62. The van der Waals surface area contributed by atoms with E-state index >= 15 is 0 Å². The fourth-order valence-electron chi connectivity index (χ4n) is 1.44. The summed E-state index contributed by atoms with van der Waals surface area (Å²) in [6.45, 7) is 2.65. The topological polar surface area (TPSA) is 46.9 Å². The van der Waals surface area contributed by atoms with Crippen molar-refractivity contribution >= 4 is 17.2 Å². The number of hydrogen-bond donors (Lipinski definition) is 1. The molecule has 2 heterocycles. The molecule has 0 aromatic carbocycles. The molecule has 1 amide bonds. The van der Waals surface area contributed by atoms with Gasteiger partial charge in [0.2, 0.25) is 0 Å². The molecule has 0 aliphatic carbocycles. The molecule has 2 aromatic heterocycles. The Kier molecular flexibility index (Phi) is 3.36. The molecule has 4 nitrogen and oxygen atoms in total. The van der Waals surface area contributed by atoms with Crippen LogP contribution in [0.3, 0.4) is 0 Å². The minimum atomic E-state index is -0.0188. The molecule has 16 heavy (non-hydrogen) atoms. The maximum Gasteiger partial charge on any atom is 0.261 e. The predicted octanol–water partition coefficient (Wildman–Crippen LogP) is 1.76. The minimum absolute atomic E-state index is 0.0188. The van der Waals surface area contributed by atoms with Crippen LogP contribution < -0.4 is 5.32 Å². The molecule has 0 fully saturated rings. The van der Waals surface area contributed by atoms with Crippen LogP contribution in [-0.2, 0) is 6.54 Å². The molecule has 1 N–H and O–H groups in total. The summed E-state index contributed by atoms with van der Waals surface area (Å²) in [6, 6.07) is 5.63. The quantitative estimate of drug-likeness (QED) is 0.877. The molecule has 84 valence electrons. The van der Waals surface area contributed by atoms with Crippen molar-refractivity contribution in [3.8, 4) is 0 Å². The second-order valence-electron chi connectivity index (χ2n) is 3.58. The highest BCUT2D eigenvalue weighted by Gasteiger charge is 2.10. The van der Waals surface area contributed by atoms with Crippen molar-refractivity contribution in [2.75, 3.05) is 0 Å². The number of thiophene rings is 1. The molecule has 0 radical (unpaired) electrons. The second kappa shape index (κ2) is 4.94. The first-order chi connectivity index (χ1) is 7.75. The lowest BCUT2D eigenvalue weighted by Gasteiger charge is -2.13. The highest BCUT2D eigenvalue weighted by Crippen LogP contribution is 2.08. The number of rotatable bonds is 4. The Labute approximate surface area is 97.9 Å². The standard InChI is InChI=1S/C11H13N3OS/c1-9(8-14-6-3-5-12-14)13-11(15)10-4-2-7-16-10/h2-7,9H,8H2,1H3,(H,13,15)/t9-/m1/s1. The van der Waals surface area contributed by atoms with E-state index in [0.29, 0.717) is 6.54 Å². The molecule has 2 rings (SSSR count). The van der Waals surface area contributed by atoms with Gasteiger partial charge in [-0.1, -0.05) is 6.07 Å². The van der Waals surface area contributed by atoms with Crippen LogP contribution in [0.1, 0.15) is 16.6 Å². The second-order valence-corrected chi connectivity index (χ2v) is 4.53. The Morgan fingerprint density at radius 3 is 3.12 bits per heavy atom. The lowest BCUT2D eigenvalue weighted by Crippen LogP contribution is -2.35. The molecule has 0 aliphatic heterocycles. The monoisotopic (exact) mass is 235 g/mol. The number of hydrogen-bond acceptors (Lipinski definition) is 3. The summed E-state index contributed by atoms with van der Waals surface area (Å²) in [5.74, 6) is -0.0188. The number of aromatic nitrogens is 2. The third kappa shape index (κ3) is 2.70. The third-order valence-corrected chi connectivity index (χ3v) is 3.01. The Balaban J connectivity index is 1.88. The molecular formula is C11H13N3OS. The van der Waals surface area contributed by atoms with Crippen molar-refractivity contribution in [2.24, 2.45) is 0 Å². The summed E-state index contributed by atoms with van der Waals surface area (Å²) in [5, 5.41) is 8.92. The number of carbonyl (C=O) groups excluding carboxylic acids is 1. The maximum absolute atomic E-state index is 11.7. The molecule has 5 heteroatoms. The molecule has 1 atom stereocenters. The lowest BCUT2D eigenvalue weighted by molar-refractivity contribution is 0.0940. The first kappa shape index (κ1) is 10.9. The summed E-state index contributed by atoms with van der Waals surface area (Å²) in [7, 11) is 0. The Morgan fingerprint density at radius 1 is 1.62 bits per heavy atom. The minimum Gasteiger partial charge on any atom is -0.347 e. The molecule has 0 saturated carbocycles. The summed E-state index contributed by atoms with van der Waals surface area (Å²) in [5.41, 5.74) is 0. The van der Waals surface area contributed by atoms with Crippen molar-refractivity contribution in [1.29, 1.82) is 0 Å². The summed E-state index contributed by atoms with van der Waals surface area (Å²) >= 11 is 1.45. The van der Waals surface area contributed by atoms with Gasteiger partial charge in [-0.3, -0.25) is 9.48 Å². The van der Waals surface area contributed by atoms with Gasteiger partial charge < -0.3 is 5.32 Å². The number of nitrogens with one attached hydrogen (secondary N) is 1. The van der Waals surface area contributed by atoms with Gasteiger partial charge in [0.25, 0.3) is 5.91 Å². The van der Waals surface area contributed by atoms with Crippen molar-refractivity contribution in [2.45, 2.75) is 19.5 Å². The smallest absolute Gasteiger partial charge is 0.261 e. The van der Waals surface area contributed by atoms with E-state index in [2.05, 4.69) is 10.4 Å². The van der Waals surface area contributed by atoms with Gasteiger partial charge in [-0.25, -0.2) is 0 Å². The van der Waals surface area contributed by atoms with Gasteiger partial charge >= 0.3 is 0 Å². The van der Waals surface area contributed by atoms with Crippen molar-refractivity contribution in [3.63, 3.8) is 0 Å². The summed E-state index contributed by atoms with van der Waals surface area (Å²) < 4.78 is 1.80. The molecule has 0 unspecified atom stereocenters. The van der Waals surface area contributed by atoms with Gasteiger partial charge in [-0.15, -0.1) is 11.3 Å². The van der Waals surface area contributed by atoms with Gasteiger partial charge in [-0.2, -0.15) is 5.10 Å². The van der Waals surface area contributed by atoms with Gasteiger partial charge in [0.05, 0.1) is 11.4 Å². The third-order valence-electron chi connectivity index (χ3n) is 2.14. The molecule has 0 spiro atoms. The number of nitrogens with zero attached hydrogens (tertiary/aromatic N) is 2. The lowest BCUT2D eigenvalue weighted by atomic mass is 10.3. The molecule has 0 aliphatic rings. The summed E-state index contributed by atoms with van der Waals surface area (Å²) in [4.78, 5) is 12.5. The average Bonchev–Trinajstić information content (AvgIpc) is 2.88. The maximum atomic E-state index is 11.7. The first-order valence-corrected chi connectivity index (χ1v) is 5.95. The zero-order valence-electron chi connectivity index (χ0n) is 8.96. The van der Waals surface area contributed by atoms with Gasteiger partial charge in [0.15, 0.2) is 0 Å². The van der Waals surface area contributed by atoms with Crippen LogP contribution in [0.15, 0.2) is 36.0 Å². The SMILES string of the molecule is C[C@H](Cn1cccn1)NC(=O)c1cccs1. The summed E-state index contributed by atoms with van der Waals surface area (Å²) in [6.07, 6.45) is 3.61. The zero-order chi connectivity index (χ0) is 11.4. The molecule has 0 saturated heterocycles.